The van der Waals surface area contributed by atoms with Crippen molar-refractivity contribution in [2.45, 2.75) is 20.8 Å². The molecule has 178 valence electrons. The lowest BCUT2D eigenvalue weighted by molar-refractivity contribution is -0.133. The van der Waals surface area contributed by atoms with Crippen molar-refractivity contribution in [2.75, 3.05) is 16.1 Å². The number of hydrogen-bond donors (Lipinski definition) is 3. The molecule has 0 bridgehead atoms. The molecular weight excluding hydrogens is 532 g/mol. The topological polar surface area (TPSA) is 92.2 Å². The maximum absolute atomic E-state index is 13.3. The Balaban J connectivity index is 1.65. The van der Waals surface area contributed by atoms with Crippen molar-refractivity contribution >= 4 is 67.5 Å². The molecule has 0 saturated heterocycles. The predicted octanol–water partition coefficient (Wildman–Crippen LogP) is 5.94. The molecule has 1 aromatic heterocycles. The van der Waals surface area contributed by atoms with E-state index in [0.717, 1.165) is 15.6 Å². The molecule has 35 heavy (non-hydrogen) atoms. The Morgan fingerprint density at radius 3 is 2.26 bits per heavy atom. The number of halogens is 2. The average Bonchev–Trinajstić information content (AvgIpc) is 3.17. The number of aryl methyl sites for hydroxylation is 1. The fraction of sp³-hybridized carbons (Fsp3) is 0.115. The van der Waals surface area contributed by atoms with Crippen molar-refractivity contribution in [1.82, 2.24) is 4.68 Å². The summed E-state index contributed by atoms with van der Waals surface area (Å²) in [6, 6.07) is 17.6. The molecule has 3 amide bonds. The van der Waals surface area contributed by atoms with E-state index in [1.165, 1.54) is 4.68 Å². The van der Waals surface area contributed by atoms with Crippen LogP contribution in [0, 0.1) is 20.8 Å². The monoisotopic (exact) mass is 552 g/mol. The molecule has 7 nitrogen and oxygen atoms in total. The molecule has 1 heterocycles. The van der Waals surface area contributed by atoms with E-state index in [1.807, 2.05) is 38.1 Å². The van der Waals surface area contributed by atoms with Crippen molar-refractivity contribution in [3.05, 3.63) is 92.5 Å². The van der Waals surface area contributed by atoms with Gasteiger partial charge in [0, 0.05) is 26.3 Å². The summed E-state index contributed by atoms with van der Waals surface area (Å²) in [5.41, 5.74) is 6.97. The van der Waals surface area contributed by atoms with Crippen molar-refractivity contribution in [2.24, 2.45) is 0 Å². The number of hydrogen-bond acceptors (Lipinski definition) is 3. The third kappa shape index (κ3) is 5.08. The zero-order valence-electron chi connectivity index (χ0n) is 19.2. The number of amides is 3. The van der Waals surface area contributed by atoms with Crippen LogP contribution in [0.3, 0.4) is 0 Å². The minimum atomic E-state index is -0.939. The zero-order chi connectivity index (χ0) is 25.3. The van der Waals surface area contributed by atoms with Gasteiger partial charge in [-0.15, -0.1) is 0 Å². The first kappa shape index (κ1) is 24.5. The molecule has 4 aromatic rings. The van der Waals surface area contributed by atoms with Gasteiger partial charge in [-0.05, 0) is 79.9 Å². The highest BCUT2D eigenvalue weighted by atomic mass is 79.9. The number of nitrogens with one attached hydrogen (secondary N) is 3. The quantitative estimate of drug-likeness (QED) is 0.273. The molecule has 9 heteroatoms. The molecule has 0 radical (unpaired) electrons. The van der Waals surface area contributed by atoms with Crippen LogP contribution in [0.15, 0.2) is 65.1 Å². The number of rotatable bonds is 4. The highest BCUT2D eigenvalue weighted by Crippen LogP contribution is 2.26. The van der Waals surface area contributed by atoms with Crippen LogP contribution in [0.5, 0.6) is 0 Å². The van der Waals surface area contributed by atoms with Crippen LogP contribution in [-0.2, 0) is 9.59 Å². The van der Waals surface area contributed by atoms with Crippen LogP contribution >= 0.6 is 27.5 Å². The minimum Gasteiger partial charge on any atom is -0.320 e. The van der Waals surface area contributed by atoms with Gasteiger partial charge in [0.15, 0.2) is 0 Å². The second kappa shape index (κ2) is 9.93. The molecular formula is C26H22BrClN4O3. The standard InChI is InChI=1S/C26H22BrClN4O3/c1-14-6-4-8-20(15(14)2)29-24(33)23-13-17-12-18(27)10-11-22(17)32(23)31-26(35)25(34)30-21-9-5-7-19(28)16(21)3/h4-13H,1-3H3,(H,29,33)(H,30,34)(H,31,35). The third-order valence-electron chi connectivity index (χ3n) is 5.78. The van der Waals surface area contributed by atoms with Crippen molar-refractivity contribution in [3.63, 3.8) is 0 Å². The molecule has 0 aliphatic heterocycles. The first-order valence-electron chi connectivity index (χ1n) is 10.7. The predicted molar refractivity (Wildman–Crippen MR) is 143 cm³/mol. The summed E-state index contributed by atoms with van der Waals surface area (Å²) in [5.74, 6) is -2.27. The summed E-state index contributed by atoms with van der Waals surface area (Å²) in [6.45, 7) is 5.62. The second-order valence-corrected chi connectivity index (χ2v) is 9.40. The Hall–Kier alpha value is -3.62. The summed E-state index contributed by atoms with van der Waals surface area (Å²) >= 11 is 9.53. The molecule has 0 atom stereocenters. The number of aromatic nitrogens is 1. The van der Waals surface area contributed by atoms with E-state index in [0.29, 0.717) is 32.9 Å². The van der Waals surface area contributed by atoms with Gasteiger partial charge in [-0.2, -0.15) is 0 Å². The van der Waals surface area contributed by atoms with Crippen LogP contribution in [0.2, 0.25) is 5.02 Å². The van der Waals surface area contributed by atoms with Crippen LogP contribution in [0.1, 0.15) is 27.2 Å². The first-order chi connectivity index (χ1) is 16.7. The Bertz CT molecular complexity index is 1500. The van der Waals surface area contributed by atoms with Crippen LogP contribution in [0.25, 0.3) is 10.9 Å². The van der Waals surface area contributed by atoms with E-state index >= 15 is 0 Å². The van der Waals surface area contributed by atoms with E-state index in [1.54, 1.807) is 43.3 Å². The van der Waals surface area contributed by atoms with Gasteiger partial charge in [-0.3, -0.25) is 19.8 Å². The van der Waals surface area contributed by atoms with Crippen LogP contribution < -0.4 is 16.1 Å². The summed E-state index contributed by atoms with van der Waals surface area (Å²) in [4.78, 5) is 38.8. The summed E-state index contributed by atoms with van der Waals surface area (Å²) < 4.78 is 2.12. The SMILES string of the molecule is Cc1cccc(NC(=O)c2cc3cc(Br)ccc3n2NC(=O)C(=O)Nc2cccc(Cl)c2C)c1C. The third-order valence-corrected chi connectivity index (χ3v) is 6.69. The van der Waals surface area contributed by atoms with E-state index in [9.17, 15) is 14.4 Å². The molecule has 3 N–H and O–H groups in total. The van der Waals surface area contributed by atoms with Crippen LogP contribution in [0.4, 0.5) is 11.4 Å². The van der Waals surface area contributed by atoms with E-state index in [-0.39, 0.29) is 5.69 Å². The Labute approximate surface area is 215 Å². The van der Waals surface area contributed by atoms with Gasteiger partial charge in [0.1, 0.15) is 5.69 Å². The molecule has 0 aliphatic rings. The normalized spacial score (nSPS) is 10.8. The molecule has 0 saturated carbocycles. The summed E-state index contributed by atoms with van der Waals surface area (Å²) in [5, 5.41) is 6.64. The minimum absolute atomic E-state index is 0.166. The molecule has 0 spiro atoms. The number of carbonyl (C=O) groups is 3. The fourth-order valence-electron chi connectivity index (χ4n) is 3.62. The van der Waals surface area contributed by atoms with Gasteiger partial charge in [0.25, 0.3) is 5.91 Å². The van der Waals surface area contributed by atoms with Gasteiger partial charge in [-0.25, -0.2) is 4.68 Å². The number of carbonyl (C=O) groups excluding carboxylic acids is 3. The smallest absolute Gasteiger partial charge is 0.320 e. The van der Waals surface area contributed by atoms with Crippen LogP contribution in [-0.4, -0.2) is 22.4 Å². The number of benzene rings is 3. The Kier molecular flexibility index (Phi) is 6.95. The highest BCUT2D eigenvalue weighted by molar-refractivity contribution is 9.10. The molecule has 3 aromatic carbocycles. The lowest BCUT2D eigenvalue weighted by Gasteiger charge is -2.14. The Morgan fingerprint density at radius 1 is 0.829 bits per heavy atom. The number of fused-ring (bicyclic) bond motifs is 1. The number of nitrogens with zero attached hydrogens (tertiary/aromatic N) is 1. The van der Waals surface area contributed by atoms with E-state index in [2.05, 4.69) is 32.0 Å². The maximum atomic E-state index is 13.3. The van der Waals surface area contributed by atoms with Gasteiger partial charge in [-0.1, -0.05) is 45.7 Å². The van der Waals surface area contributed by atoms with Gasteiger partial charge >= 0.3 is 11.8 Å². The molecule has 4 rings (SSSR count). The average molecular weight is 554 g/mol. The largest absolute Gasteiger partial charge is 0.328 e. The van der Waals surface area contributed by atoms with E-state index in [4.69, 9.17) is 11.6 Å². The lowest BCUT2D eigenvalue weighted by Crippen LogP contribution is -2.36. The van der Waals surface area contributed by atoms with Crippen molar-refractivity contribution in [1.29, 1.82) is 0 Å². The second-order valence-electron chi connectivity index (χ2n) is 8.08. The zero-order valence-corrected chi connectivity index (χ0v) is 21.5. The summed E-state index contributed by atoms with van der Waals surface area (Å²) in [7, 11) is 0. The van der Waals surface area contributed by atoms with E-state index < -0.39 is 17.7 Å². The highest BCUT2D eigenvalue weighted by Gasteiger charge is 2.22. The van der Waals surface area contributed by atoms with Gasteiger partial charge in [0.05, 0.1) is 5.52 Å². The molecule has 0 fully saturated rings. The first-order valence-corrected chi connectivity index (χ1v) is 11.9. The molecule has 0 unspecified atom stereocenters. The Morgan fingerprint density at radius 2 is 1.51 bits per heavy atom. The van der Waals surface area contributed by atoms with Crippen molar-refractivity contribution in [3.8, 4) is 0 Å². The van der Waals surface area contributed by atoms with Gasteiger partial charge < -0.3 is 10.6 Å². The maximum Gasteiger partial charge on any atom is 0.328 e. The fourth-order valence-corrected chi connectivity index (χ4v) is 4.17. The summed E-state index contributed by atoms with van der Waals surface area (Å²) in [6.07, 6.45) is 0. The van der Waals surface area contributed by atoms with Crippen molar-refractivity contribution < 1.29 is 14.4 Å². The lowest BCUT2D eigenvalue weighted by atomic mass is 10.1. The number of anilines is 2. The van der Waals surface area contributed by atoms with Gasteiger partial charge in [0.2, 0.25) is 0 Å². The molecule has 0 aliphatic carbocycles.